The van der Waals surface area contributed by atoms with E-state index >= 15 is 0 Å². The van der Waals surface area contributed by atoms with Crippen LogP contribution in [0.5, 0.6) is 0 Å². The van der Waals surface area contributed by atoms with Gasteiger partial charge in [0.2, 0.25) is 0 Å². The van der Waals surface area contributed by atoms with Gasteiger partial charge in [-0.1, -0.05) is 13.0 Å². The second kappa shape index (κ2) is 4.85. The molecular formula is C7H13NO2. The molecule has 1 amide bonds. The summed E-state index contributed by atoms with van der Waals surface area (Å²) in [6.45, 7) is 5.46. The zero-order valence-electron chi connectivity index (χ0n) is 6.13. The summed E-state index contributed by atoms with van der Waals surface area (Å²) in [6.07, 6.45) is 2.25. The van der Waals surface area contributed by atoms with Gasteiger partial charge in [-0.2, -0.15) is 0 Å². The molecule has 0 heterocycles. The maximum Gasteiger partial charge on any atom is 0.404 e. The van der Waals surface area contributed by atoms with E-state index in [4.69, 9.17) is 5.11 Å². The average molecular weight is 143 g/mol. The van der Waals surface area contributed by atoms with Crippen molar-refractivity contribution in [2.75, 3.05) is 0 Å². The first-order chi connectivity index (χ1) is 4.70. The van der Waals surface area contributed by atoms with Gasteiger partial charge in [0.1, 0.15) is 0 Å². The van der Waals surface area contributed by atoms with Gasteiger partial charge in [0.15, 0.2) is 0 Å². The van der Waals surface area contributed by atoms with E-state index in [1.807, 2.05) is 6.92 Å². The number of nitrogens with one attached hydrogen (secondary N) is 1. The Hall–Kier alpha value is -0.990. The van der Waals surface area contributed by atoms with Crippen LogP contribution >= 0.6 is 0 Å². The third-order valence-electron chi connectivity index (χ3n) is 1.27. The van der Waals surface area contributed by atoms with Gasteiger partial charge in [0.25, 0.3) is 0 Å². The minimum Gasteiger partial charge on any atom is -0.465 e. The topological polar surface area (TPSA) is 49.3 Å². The van der Waals surface area contributed by atoms with Crippen molar-refractivity contribution in [2.24, 2.45) is 0 Å². The maximum absolute atomic E-state index is 10.1. The van der Waals surface area contributed by atoms with Gasteiger partial charge in [-0.25, -0.2) is 4.79 Å². The Morgan fingerprint density at radius 3 is 2.80 bits per heavy atom. The van der Waals surface area contributed by atoms with Gasteiger partial charge in [0.05, 0.1) is 0 Å². The van der Waals surface area contributed by atoms with Crippen LogP contribution in [-0.4, -0.2) is 17.2 Å². The molecular weight excluding hydrogens is 130 g/mol. The fourth-order valence-electron chi connectivity index (χ4n) is 0.703. The Balaban J connectivity index is 3.59. The monoisotopic (exact) mass is 143 g/mol. The van der Waals surface area contributed by atoms with Crippen LogP contribution in [0.25, 0.3) is 0 Å². The van der Waals surface area contributed by atoms with Crippen molar-refractivity contribution in [1.82, 2.24) is 5.32 Å². The Kier molecular flexibility index (Phi) is 4.37. The fourth-order valence-corrected chi connectivity index (χ4v) is 0.703. The summed E-state index contributed by atoms with van der Waals surface area (Å²) in [7, 11) is 0. The number of hydrogen-bond donors (Lipinski definition) is 2. The second-order valence-electron chi connectivity index (χ2n) is 2.08. The van der Waals surface area contributed by atoms with E-state index in [2.05, 4.69) is 11.9 Å². The standard InChI is InChI=1S/C7H13NO2/c1-3-5-6(4-2)8-7(9)10/h3,6,8H,1,4-5H2,2H3,(H,9,10). The Morgan fingerprint density at radius 2 is 2.50 bits per heavy atom. The molecule has 0 bridgehead atoms. The predicted molar refractivity (Wildman–Crippen MR) is 40.1 cm³/mol. The Bertz CT molecular complexity index is 123. The first-order valence-electron chi connectivity index (χ1n) is 3.31. The summed E-state index contributed by atoms with van der Waals surface area (Å²) >= 11 is 0. The molecule has 0 spiro atoms. The molecule has 3 nitrogen and oxygen atoms in total. The first-order valence-corrected chi connectivity index (χ1v) is 3.31. The van der Waals surface area contributed by atoms with Crippen molar-refractivity contribution in [1.29, 1.82) is 0 Å². The Labute approximate surface area is 60.7 Å². The van der Waals surface area contributed by atoms with Crippen molar-refractivity contribution < 1.29 is 9.90 Å². The van der Waals surface area contributed by atoms with Crippen molar-refractivity contribution in [2.45, 2.75) is 25.8 Å². The minimum atomic E-state index is -0.964. The van der Waals surface area contributed by atoms with Crippen LogP contribution in [0.2, 0.25) is 0 Å². The molecule has 1 unspecified atom stereocenters. The molecule has 0 aromatic carbocycles. The molecule has 0 saturated heterocycles. The molecule has 0 aliphatic carbocycles. The predicted octanol–water partition coefficient (Wildman–Crippen LogP) is 1.61. The number of carbonyl (C=O) groups is 1. The van der Waals surface area contributed by atoms with Gasteiger partial charge in [-0.15, -0.1) is 6.58 Å². The number of carboxylic acid groups (broad SMARTS) is 1. The van der Waals surface area contributed by atoms with E-state index in [9.17, 15) is 4.79 Å². The van der Waals surface area contributed by atoms with E-state index in [1.54, 1.807) is 6.08 Å². The van der Waals surface area contributed by atoms with Crippen LogP contribution < -0.4 is 5.32 Å². The third-order valence-corrected chi connectivity index (χ3v) is 1.27. The highest BCUT2D eigenvalue weighted by molar-refractivity contribution is 5.64. The van der Waals surface area contributed by atoms with Crippen LogP contribution in [-0.2, 0) is 0 Å². The first kappa shape index (κ1) is 9.01. The summed E-state index contributed by atoms with van der Waals surface area (Å²) in [4.78, 5) is 10.1. The summed E-state index contributed by atoms with van der Waals surface area (Å²) in [5.74, 6) is 0. The quantitative estimate of drug-likeness (QED) is 0.587. The van der Waals surface area contributed by atoms with Gasteiger partial charge < -0.3 is 10.4 Å². The van der Waals surface area contributed by atoms with Crippen molar-refractivity contribution in [3.05, 3.63) is 12.7 Å². The number of hydrogen-bond acceptors (Lipinski definition) is 1. The molecule has 0 aliphatic heterocycles. The molecule has 0 rings (SSSR count). The summed E-state index contributed by atoms with van der Waals surface area (Å²) in [5.41, 5.74) is 0. The smallest absolute Gasteiger partial charge is 0.404 e. The molecule has 2 N–H and O–H groups in total. The fraction of sp³-hybridized carbons (Fsp3) is 0.571. The van der Waals surface area contributed by atoms with E-state index < -0.39 is 6.09 Å². The van der Waals surface area contributed by atoms with E-state index in [1.165, 1.54) is 0 Å². The van der Waals surface area contributed by atoms with Crippen LogP contribution in [0, 0.1) is 0 Å². The van der Waals surface area contributed by atoms with Crippen LogP contribution in [0.3, 0.4) is 0 Å². The normalized spacial score (nSPS) is 12.1. The lowest BCUT2D eigenvalue weighted by atomic mass is 10.1. The molecule has 0 saturated carbocycles. The van der Waals surface area contributed by atoms with E-state index in [0.717, 1.165) is 6.42 Å². The van der Waals surface area contributed by atoms with Crippen LogP contribution in [0.15, 0.2) is 12.7 Å². The zero-order chi connectivity index (χ0) is 7.98. The van der Waals surface area contributed by atoms with Gasteiger partial charge in [-0.3, -0.25) is 0 Å². The van der Waals surface area contributed by atoms with Gasteiger partial charge >= 0.3 is 6.09 Å². The second-order valence-corrected chi connectivity index (χ2v) is 2.08. The SMILES string of the molecule is C=CCC(CC)NC(=O)O. The molecule has 0 aromatic heterocycles. The highest BCUT2D eigenvalue weighted by Crippen LogP contribution is 1.96. The minimum absolute atomic E-state index is 0.0231. The molecule has 0 radical (unpaired) electrons. The van der Waals surface area contributed by atoms with E-state index in [-0.39, 0.29) is 6.04 Å². The largest absolute Gasteiger partial charge is 0.465 e. The van der Waals surface area contributed by atoms with Crippen LogP contribution in [0.4, 0.5) is 4.79 Å². The molecule has 58 valence electrons. The molecule has 0 fully saturated rings. The van der Waals surface area contributed by atoms with Gasteiger partial charge in [0, 0.05) is 6.04 Å². The highest BCUT2D eigenvalue weighted by Gasteiger charge is 2.05. The van der Waals surface area contributed by atoms with Crippen molar-refractivity contribution in [3.63, 3.8) is 0 Å². The number of rotatable bonds is 4. The maximum atomic E-state index is 10.1. The third kappa shape index (κ3) is 3.95. The lowest BCUT2D eigenvalue weighted by molar-refractivity contribution is 0.189. The molecule has 10 heavy (non-hydrogen) atoms. The summed E-state index contributed by atoms with van der Waals surface area (Å²) < 4.78 is 0. The molecule has 0 aliphatic rings. The Morgan fingerprint density at radius 1 is 1.90 bits per heavy atom. The van der Waals surface area contributed by atoms with E-state index in [0.29, 0.717) is 6.42 Å². The molecule has 3 heteroatoms. The van der Waals surface area contributed by atoms with Crippen LogP contribution in [0.1, 0.15) is 19.8 Å². The van der Waals surface area contributed by atoms with Gasteiger partial charge in [-0.05, 0) is 12.8 Å². The molecule has 1 atom stereocenters. The molecule has 0 aromatic rings. The summed E-state index contributed by atoms with van der Waals surface area (Å²) in [5, 5.41) is 10.7. The van der Waals surface area contributed by atoms with Crippen molar-refractivity contribution in [3.8, 4) is 0 Å². The number of amides is 1. The van der Waals surface area contributed by atoms with Crippen molar-refractivity contribution >= 4 is 6.09 Å². The highest BCUT2D eigenvalue weighted by atomic mass is 16.4. The zero-order valence-corrected chi connectivity index (χ0v) is 6.13. The lowest BCUT2D eigenvalue weighted by Crippen LogP contribution is -2.32. The average Bonchev–Trinajstić information content (AvgIpc) is 1.86. The lowest BCUT2D eigenvalue weighted by Gasteiger charge is -2.10. The summed E-state index contributed by atoms with van der Waals surface area (Å²) in [6, 6.07) is 0.0231.